The van der Waals surface area contributed by atoms with Crippen LogP contribution in [0.3, 0.4) is 0 Å². The zero-order chi connectivity index (χ0) is 9.26. The van der Waals surface area contributed by atoms with Gasteiger partial charge >= 0.3 is 0 Å². The Balaban J connectivity index is 2.14. The highest BCUT2D eigenvalue weighted by Gasteiger charge is 2.26. The number of hydrogen-bond donors (Lipinski definition) is 1. The zero-order valence-electron chi connectivity index (χ0n) is 7.99. The second-order valence-corrected chi connectivity index (χ2v) is 3.98. The molecule has 72 valence electrons. The Morgan fingerprint density at radius 3 is 2.77 bits per heavy atom. The lowest BCUT2D eigenvalue weighted by molar-refractivity contribution is 0.0965. The van der Waals surface area contributed by atoms with Crippen molar-refractivity contribution in [2.24, 2.45) is 0 Å². The van der Waals surface area contributed by atoms with E-state index in [1.807, 2.05) is 13.0 Å². The molecule has 0 aliphatic heterocycles. The normalized spacial score (nSPS) is 29.1. The van der Waals surface area contributed by atoms with E-state index in [2.05, 4.69) is 0 Å². The third kappa shape index (κ3) is 1.78. The van der Waals surface area contributed by atoms with E-state index in [-0.39, 0.29) is 12.0 Å². The molecule has 1 heterocycles. The minimum absolute atomic E-state index is 0.195. The molecule has 1 N–H and O–H groups in total. The van der Waals surface area contributed by atoms with Gasteiger partial charge in [-0.3, -0.25) is 0 Å². The van der Waals surface area contributed by atoms with Crippen molar-refractivity contribution in [3.8, 4) is 0 Å². The number of rotatable bonds is 1. The molecule has 0 amide bonds. The van der Waals surface area contributed by atoms with E-state index in [0.717, 1.165) is 30.6 Å². The summed E-state index contributed by atoms with van der Waals surface area (Å²) in [6, 6.07) is 2.04. The van der Waals surface area contributed by atoms with E-state index in [1.165, 1.54) is 6.42 Å². The predicted molar refractivity (Wildman–Crippen MR) is 50.7 cm³/mol. The molecule has 1 aliphatic carbocycles. The summed E-state index contributed by atoms with van der Waals surface area (Å²) in [4.78, 5) is 0. The average molecular weight is 180 g/mol. The van der Waals surface area contributed by atoms with E-state index in [4.69, 9.17) is 4.42 Å². The number of hydrogen-bond acceptors (Lipinski definition) is 2. The van der Waals surface area contributed by atoms with E-state index < -0.39 is 0 Å². The summed E-state index contributed by atoms with van der Waals surface area (Å²) >= 11 is 0. The Bertz CT molecular complexity index is 277. The summed E-state index contributed by atoms with van der Waals surface area (Å²) in [6.07, 6.45) is 5.91. The average Bonchev–Trinajstić information content (AvgIpc) is 2.53. The highest BCUT2D eigenvalue weighted by Crippen LogP contribution is 2.33. The summed E-state index contributed by atoms with van der Waals surface area (Å²) in [7, 11) is 0. The van der Waals surface area contributed by atoms with Crippen molar-refractivity contribution in [1.29, 1.82) is 0 Å². The Kier molecular flexibility index (Phi) is 2.40. The second-order valence-electron chi connectivity index (χ2n) is 3.98. The summed E-state index contributed by atoms with van der Waals surface area (Å²) in [5.74, 6) is 1.20. The molecule has 1 saturated carbocycles. The van der Waals surface area contributed by atoms with Gasteiger partial charge in [-0.1, -0.05) is 12.8 Å². The molecular formula is C11H16O2. The van der Waals surface area contributed by atoms with Crippen LogP contribution in [0.1, 0.15) is 42.9 Å². The fourth-order valence-corrected chi connectivity index (χ4v) is 2.09. The van der Waals surface area contributed by atoms with Gasteiger partial charge in [0.1, 0.15) is 5.76 Å². The molecule has 2 nitrogen and oxygen atoms in total. The Labute approximate surface area is 78.6 Å². The molecule has 0 aromatic carbocycles. The van der Waals surface area contributed by atoms with Gasteiger partial charge in [0.05, 0.1) is 12.4 Å². The maximum Gasteiger partial charge on any atom is 0.109 e. The summed E-state index contributed by atoms with van der Waals surface area (Å²) in [5.41, 5.74) is 1.15. The quantitative estimate of drug-likeness (QED) is 0.720. The van der Waals surface area contributed by atoms with Crippen LogP contribution in [-0.4, -0.2) is 11.2 Å². The van der Waals surface area contributed by atoms with Crippen molar-refractivity contribution in [1.82, 2.24) is 0 Å². The van der Waals surface area contributed by atoms with Crippen molar-refractivity contribution in [2.45, 2.75) is 44.6 Å². The summed E-state index contributed by atoms with van der Waals surface area (Å²) in [5, 5.41) is 9.77. The molecule has 13 heavy (non-hydrogen) atoms. The zero-order valence-corrected chi connectivity index (χ0v) is 7.99. The van der Waals surface area contributed by atoms with E-state index in [9.17, 15) is 5.11 Å². The lowest BCUT2D eigenvalue weighted by Gasteiger charge is -2.25. The van der Waals surface area contributed by atoms with Crippen LogP contribution in [0.5, 0.6) is 0 Å². The van der Waals surface area contributed by atoms with Crippen molar-refractivity contribution in [3.05, 3.63) is 23.7 Å². The Morgan fingerprint density at radius 1 is 1.38 bits per heavy atom. The van der Waals surface area contributed by atoms with Crippen molar-refractivity contribution < 1.29 is 9.52 Å². The summed E-state index contributed by atoms with van der Waals surface area (Å²) in [6.45, 7) is 2.02. The molecule has 0 saturated heterocycles. The third-order valence-electron chi connectivity index (χ3n) is 2.85. The molecule has 2 atom stereocenters. The van der Waals surface area contributed by atoms with Crippen LogP contribution in [0.25, 0.3) is 0 Å². The van der Waals surface area contributed by atoms with Crippen LogP contribution < -0.4 is 0 Å². The maximum atomic E-state index is 9.77. The molecule has 2 rings (SSSR count). The number of furan rings is 1. The molecular weight excluding hydrogens is 164 g/mol. The van der Waals surface area contributed by atoms with Crippen LogP contribution in [0.4, 0.5) is 0 Å². The van der Waals surface area contributed by atoms with Gasteiger partial charge in [0.25, 0.3) is 0 Å². The monoisotopic (exact) mass is 180 g/mol. The Hall–Kier alpha value is -0.760. The first-order chi connectivity index (χ1) is 6.27. The van der Waals surface area contributed by atoms with Crippen LogP contribution in [0.15, 0.2) is 16.7 Å². The first-order valence-corrected chi connectivity index (χ1v) is 5.00. The van der Waals surface area contributed by atoms with Gasteiger partial charge in [-0.2, -0.15) is 0 Å². The molecule has 1 aromatic heterocycles. The highest BCUT2D eigenvalue weighted by molar-refractivity contribution is 5.15. The van der Waals surface area contributed by atoms with Gasteiger partial charge in [-0.25, -0.2) is 0 Å². The number of aliphatic hydroxyl groups is 1. The van der Waals surface area contributed by atoms with Gasteiger partial charge in [0.2, 0.25) is 0 Å². The summed E-state index contributed by atoms with van der Waals surface area (Å²) < 4.78 is 5.41. The molecule has 1 fully saturated rings. The van der Waals surface area contributed by atoms with E-state index in [0.29, 0.717) is 0 Å². The van der Waals surface area contributed by atoms with Crippen LogP contribution in [0.2, 0.25) is 0 Å². The van der Waals surface area contributed by atoms with Crippen LogP contribution in [0, 0.1) is 6.92 Å². The molecule has 1 aliphatic rings. The standard InChI is InChI=1S/C11H16O2/c1-8-6-11(13-7-8)9-4-2-3-5-10(9)12/h6-7,9-10,12H,2-5H2,1H3/t9-,10-/m1/s1. The Morgan fingerprint density at radius 2 is 2.15 bits per heavy atom. The van der Waals surface area contributed by atoms with Crippen molar-refractivity contribution in [2.75, 3.05) is 0 Å². The first-order valence-electron chi connectivity index (χ1n) is 5.00. The first kappa shape index (κ1) is 8.82. The fourth-order valence-electron chi connectivity index (χ4n) is 2.09. The third-order valence-corrected chi connectivity index (χ3v) is 2.85. The molecule has 0 radical (unpaired) electrons. The van der Waals surface area contributed by atoms with E-state index in [1.54, 1.807) is 6.26 Å². The largest absolute Gasteiger partial charge is 0.469 e. The van der Waals surface area contributed by atoms with Crippen LogP contribution >= 0.6 is 0 Å². The second kappa shape index (κ2) is 3.54. The molecule has 0 unspecified atom stereocenters. The van der Waals surface area contributed by atoms with E-state index >= 15 is 0 Å². The fraction of sp³-hybridized carbons (Fsp3) is 0.636. The molecule has 0 bridgehead atoms. The highest BCUT2D eigenvalue weighted by atomic mass is 16.3. The van der Waals surface area contributed by atoms with Gasteiger partial charge < -0.3 is 9.52 Å². The van der Waals surface area contributed by atoms with Crippen molar-refractivity contribution in [3.63, 3.8) is 0 Å². The van der Waals surface area contributed by atoms with Gasteiger partial charge in [0.15, 0.2) is 0 Å². The minimum atomic E-state index is -0.195. The van der Waals surface area contributed by atoms with Crippen LogP contribution in [-0.2, 0) is 0 Å². The smallest absolute Gasteiger partial charge is 0.109 e. The lowest BCUT2D eigenvalue weighted by atomic mass is 9.85. The molecule has 0 spiro atoms. The predicted octanol–water partition coefficient (Wildman–Crippen LogP) is 2.61. The van der Waals surface area contributed by atoms with Gasteiger partial charge in [-0.05, 0) is 31.4 Å². The maximum absolute atomic E-state index is 9.77. The van der Waals surface area contributed by atoms with Gasteiger partial charge in [0, 0.05) is 5.92 Å². The van der Waals surface area contributed by atoms with Gasteiger partial charge in [-0.15, -0.1) is 0 Å². The minimum Gasteiger partial charge on any atom is -0.469 e. The lowest BCUT2D eigenvalue weighted by Crippen LogP contribution is -2.21. The van der Waals surface area contributed by atoms with Crippen molar-refractivity contribution >= 4 is 0 Å². The SMILES string of the molecule is Cc1coc([C@@H]2CCCC[C@H]2O)c1. The number of aliphatic hydroxyl groups excluding tert-OH is 1. The molecule has 1 aromatic rings. The topological polar surface area (TPSA) is 33.4 Å². The molecule has 2 heteroatoms. The number of aryl methyl sites for hydroxylation is 1.